The topological polar surface area (TPSA) is 95.9 Å². The summed E-state index contributed by atoms with van der Waals surface area (Å²) in [5.74, 6) is -0.533. The second kappa shape index (κ2) is 46.4. The lowest BCUT2D eigenvalue weighted by molar-refractivity contribution is -0.151. The van der Waals surface area contributed by atoms with Gasteiger partial charge in [-0.15, -0.1) is 0 Å². The molecule has 0 saturated heterocycles. The lowest BCUT2D eigenvalue weighted by Gasteiger charge is -2.24. The van der Waals surface area contributed by atoms with Crippen LogP contribution >= 0.6 is 0 Å². The van der Waals surface area contributed by atoms with Crippen molar-refractivity contribution in [1.29, 1.82) is 0 Å². The van der Waals surface area contributed by atoms with Gasteiger partial charge in [0, 0.05) is 6.42 Å². The molecule has 0 aliphatic rings. The van der Waals surface area contributed by atoms with Crippen molar-refractivity contribution in [3.63, 3.8) is 0 Å². The summed E-state index contributed by atoms with van der Waals surface area (Å²) in [6, 6.07) is -0.714. The normalized spacial score (nSPS) is 13.9. The standard InChI is InChI=1S/C53H93NO5/c1-4-7-10-13-16-19-22-23-24-25-26-27-28-29-31-34-37-40-43-46-53(58)59-49(44-41-38-35-32-21-18-15-12-9-6-3)47-52(57)54-50(48-55)51(56)45-42-39-36-33-30-20-17-14-11-8-5-2/h7,10,16,18-19,21,23-24,26-27,29,31,49-51,55-56H,4-6,8-9,11-15,17,20,22,25,28,30,32-48H2,1-3H3,(H,54,57)/b10-7-,19-16-,21-18-,24-23-,27-26-,31-29-. The molecule has 0 saturated carbocycles. The first kappa shape index (κ1) is 56.3. The lowest BCUT2D eigenvalue weighted by Crippen LogP contribution is -2.46. The first-order valence-corrected chi connectivity index (χ1v) is 24.7. The average Bonchev–Trinajstić information content (AvgIpc) is 3.23. The highest BCUT2D eigenvalue weighted by atomic mass is 16.5. The molecule has 0 spiro atoms. The number of unbranched alkanes of at least 4 members (excludes halogenated alkanes) is 19. The fourth-order valence-electron chi connectivity index (χ4n) is 7.04. The predicted octanol–water partition coefficient (Wildman–Crippen LogP) is 14.6. The third-order valence-electron chi connectivity index (χ3n) is 10.8. The van der Waals surface area contributed by atoms with Crippen LogP contribution in [-0.4, -0.2) is 46.9 Å². The van der Waals surface area contributed by atoms with Crippen LogP contribution in [0.3, 0.4) is 0 Å². The molecule has 0 aromatic carbocycles. The Hall–Kier alpha value is -2.70. The highest BCUT2D eigenvalue weighted by Crippen LogP contribution is 2.17. The monoisotopic (exact) mass is 824 g/mol. The maximum atomic E-state index is 13.1. The van der Waals surface area contributed by atoms with Gasteiger partial charge in [0.1, 0.15) is 6.10 Å². The van der Waals surface area contributed by atoms with Gasteiger partial charge in [-0.3, -0.25) is 9.59 Å². The molecule has 0 aliphatic heterocycles. The Labute approximate surface area is 364 Å². The largest absolute Gasteiger partial charge is 0.462 e. The Balaban J connectivity index is 4.59. The van der Waals surface area contributed by atoms with Gasteiger partial charge in [0.25, 0.3) is 0 Å². The summed E-state index contributed by atoms with van der Waals surface area (Å²) in [7, 11) is 0. The van der Waals surface area contributed by atoms with Gasteiger partial charge in [0.2, 0.25) is 5.91 Å². The van der Waals surface area contributed by atoms with Crippen molar-refractivity contribution in [3.8, 4) is 0 Å². The van der Waals surface area contributed by atoms with Gasteiger partial charge >= 0.3 is 5.97 Å². The number of amides is 1. The van der Waals surface area contributed by atoms with Gasteiger partial charge in [-0.05, 0) is 96.3 Å². The fraction of sp³-hybridized carbons (Fsp3) is 0.736. The molecule has 59 heavy (non-hydrogen) atoms. The minimum atomic E-state index is -0.798. The summed E-state index contributed by atoms with van der Waals surface area (Å²) in [4.78, 5) is 26.0. The highest BCUT2D eigenvalue weighted by Gasteiger charge is 2.24. The van der Waals surface area contributed by atoms with E-state index < -0.39 is 18.2 Å². The molecule has 3 N–H and O–H groups in total. The molecular weight excluding hydrogens is 731 g/mol. The summed E-state index contributed by atoms with van der Waals surface area (Å²) >= 11 is 0. The van der Waals surface area contributed by atoms with Crippen molar-refractivity contribution >= 4 is 11.9 Å². The summed E-state index contributed by atoms with van der Waals surface area (Å²) < 4.78 is 5.89. The van der Waals surface area contributed by atoms with Crippen molar-refractivity contribution in [3.05, 3.63) is 72.9 Å². The molecule has 0 radical (unpaired) electrons. The van der Waals surface area contributed by atoms with Crippen LogP contribution in [-0.2, 0) is 14.3 Å². The molecule has 0 fully saturated rings. The Morgan fingerprint density at radius 2 is 0.915 bits per heavy atom. The lowest BCUT2D eigenvalue weighted by atomic mass is 10.0. The quantitative estimate of drug-likeness (QED) is 0.0323. The number of nitrogens with one attached hydrogen (secondary N) is 1. The molecule has 0 bridgehead atoms. The van der Waals surface area contributed by atoms with E-state index in [-0.39, 0.29) is 24.9 Å². The molecule has 0 heterocycles. The van der Waals surface area contributed by atoms with E-state index in [0.717, 1.165) is 109 Å². The minimum absolute atomic E-state index is 0.0504. The van der Waals surface area contributed by atoms with Crippen molar-refractivity contribution in [1.82, 2.24) is 5.32 Å². The van der Waals surface area contributed by atoms with Gasteiger partial charge in [-0.2, -0.15) is 0 Å². The van der Waals surface area contributed by atoms with Gasteiger partial charge in [-0.25, -0.2) is 0 Å². The van der Waals surface area contributed by atoms with E-state index in [2.05, 4.69) is 99.0 Å². The number of hydrogen-bond acceptors (Lipinski definition) is 5. The van der Waals surface area contributed by atoms with Gasteiger partial charge in [0.05, 0.1) is 25.2 Å². The van der Waals surface area contributed by atoms with Crippen LogP contribution in [0, 0.1) is 0 Å². The number of aliphatic hydroxyl groups is 2. The first-order chi connectivity index (χ1) is 29.0. The highest BCUT2D eigenvalue weighted by molar-refractivity contribution is 5.77. The Morgan fingerprint density at radius 1 is 0.508 bits per heavy atom. The van der Waals surface area contributed by atoms with Crippen molar-refractivity contribution in [2.24, 2.45) is 0 Å². The van der Waals surface area contributed by atoms with Crippen LogP contribution in [0.15, 0.2) is 72.9 Å². The van der Waals surface area contributed by atoms with E-state index in [9.17, 15) is 19.8 Å². The molecular formula is C53H93NO5. The second-order valence-electron chi connectivity index (χ2n) is 16.5. The average molecular weight is 824 g/mol. The van der Waals surface area contributed by atoms with E-state index in [1.165, 1.54) is 70.6 Å². The number of hydrogen-bond donors (Lipinski definition) is 3. The molecule has 6 nitrogen and oxygen atoms in total. The maximum absolute atomic E-state index is 13.1. The van der Waals surface area contributed by atoms with E-state index in [4.69, 9.17) is 4.74 Å². The third-order valence-corrected chi connectivity index (χ3v) is 10.8. The summed E-state index contributed by atoms with van der Waals surface area (Å²) in [6.45, 7) is 6.31. The molecule has 3 atom stereocenters. The van der Waals surface area contributed by atoms with Crippen molar-refractivity contribution in [2.75, 3.05) is 6.61 Å². The predicted molar refractivity (Wildman–Crippen MR) is 255 cm³/mol. The smallest absolute Gasteiger partial charge is 0.306 e. The molecule has 3 unspecified atom stereocenters. The summed E-state index contributed by atoms with van der Waals surface area (Å²) in [6.07, 6.45) is 58.2. The van der Waals surface area contributed by atoms with Crippen molar-refractivity contribution in [2.45, 2.75) is 244 Å². The first-order valence-electron chi connectivity index (χ1n) is 24.7. The Bertz CT molecular complexity index is 1110. The zero-order valence-corrected chi connectivity index (χ0v) is 38.6. The zero-order chi connectivity index (χ0) is 43.1. The van der Waals surface area contributed by atoms with E-state index in [1.54, 1.807) is 0 Å². The summed E-state index contributed by atoms with van der Waals surface area (Å²) in [5, 5.41) is 23.7. The molecule has 1 amide bonds. The van der Waals surface area contributed by atoms with Crippen LogP contribution < -0.4 is 5.32 Å². The Kier molecular flexibility index (Phi) is 44.2. The van der Waals surface area contributed by atoms with E-state index >= 15 is 0 Å². The third kappa shape index (κ3) is 41.8. The van der Waals surface area contributed by atoms with Crippen LogP contribution in [0.2, 0.25) is 0 Å². The van der Waals surface area contributed by atoms with Crippen LogP contribution in [0.4, 0.5) is 0 Å². The summed E-state index contributed by atoms with van der Waals surface area (Å²) in [5.41, 5.74) is 0. The van der Waals surface area contributed by atoms with Crippen molar-refractivity contribution < 1.29 is 24.5 Å². The Morgan fingerprint density at radius 3 is 1.44 bits per heavy atom. The molecule has 0 aromatic heterocycles. The number of ether oxygens (including phenoxy) is 1. The molecule has 0 aliphatic carbocycles. The van der Waals surface area contributed by atoms with Gasteiger partial charge < -0.3 is 20.3 Å². The number of esters is 1. The molecule has 0 rings (SSSR count). The molecule has 340 valence electrons. The van der Waals surface area contributed by atoms with Gasteiger partial charge in [0.15, 0.2) is 0 Å². The van der Waals surface area contributed by atoms with Gasteiger partial charge in [-0.1, -0.05) is 190 Å². The molecule has 0 aromatic rings. The van der Waals surface area contributed by atoms with E-state index in [0.29, 0.717) is 19.3 Å². The fourth-order valence-corrected chi connectivity index (χ4v) is 7.04. The van der Waals surface area contributed by atoms with Crippen LogP contribution in [0.1, 0.15) is 226 Å². The number of rotatable bonds is 43. The maximum Gasteiger partial charge on any atom is 0.306 e. The number of allylic oxidation sites excluding steroid dienone is 12. The van der Waals surface area contributed by atoms with Crippen LogP contribution in [0.5, 0.6) is 0 Å². The van der Waals surface area contributed by atoms with Crippen LogP contribution in [0.25, 0.3) is 0 Å². The number of aliphatic hydroxyl groups excluding tert-OH is 2. The van der Waals surface area contributed by atoms with E-state index in [1.807, 2.05) is 0 Å². The SMILES string of the molecule is CC/C=C\C/C=C\C/C=C\C/C=C\C/C=C\CCCCCC(=O)OC(CCCCC/C=C\CCCCC)CC(=O)NC(CO)C(O)CCCCCCCCCCCCC. The second-order valence-corrected chi connectivity index (χ2v) is 16.5. The zero-order valence-electron chi connectivity index (χ0n) is 38.6. The number of carbonyl (C=O) groups excluding carboxylic acids is 2. The molecule has 6 heteroatoms. The minimum Gasteiger partial charge on any atom is -0.462 e. The number of carbonyl (C=O) groups is 2.